The summed E-state index contributed by atoms with van der Waals surface area (Å²) in [6.45, 7) is 4.53. The number of piperidine rings is 1. The van der Waals surface area contributed by atoms with Gasteiger partial charge in [-0.1, -0.05) is 12.1 Å². The molecule has 3 nitrogen and oxygen atoms in total. The minimum Gasteiger partial charge on any atom is -0.497 e. The van der Waals surface area contributed by atoms with E-state index in [-0.39, 0.29) is 0 Å². The second-order valence-electron chi connectivity index (χ2n) is 5.12. The monoisotopic (exact) mass is 248 g/mol. The lowest BCUT2D eigenvalue weighted by molar-refractivity contribution is 0.156. The highest BCUT2D eigenvalue weighted by molar-refractivity contribution is 5.30. The van der Waals surface area contributed by atoms with Crippen LogP contribution >= 0.6 is 0 Å². The van der Waals surface area contributed by atoms with Gasteiger partial charge in [0.05, 0.1) is 7.11 Å². The smallest absolute Gasteiger partial charge is 0.119 e. The fourth-order valence-electron chi connectivity index (χ4n) is 2.63. The standard InChI is InChI=1S/C15H24N2O/c1-12(13-6-4-8-15(10-13)18-3)17(2)14-7-5-9-16-11-14/h4,6,8,10,12,14,16H,5,7,9,11H2,1-3H3. The average Bonchev–Trinajstić information content (AvgIpc) is 2.46. The second kappa shape index (κ2) is 6.21. The Labute approximate surface area is 110 Å². The van der Waals surface area contributed by atoms with Gasteiger partial charge in [0.15, 0.2) is 0 Å². The average molecular weight is 248 g/mol. The molecule has 1 aliphatic heterocycles. The van der Waals surface area contributed by atoms with Crippen molar-refractivity contribution in [1.82, 2.24) is 10.2 Å². The van der Waals surface area contributed by atoms with Crippen molar-refractivity contribution in [3.63, 3.8) is 0 Å². The molecular formula is C15H24N2O. The van der Waals surface area contributed by atoms with Crippen LogP contribution in [-0.2, 0) is 0 Å². The first-order chi connectivity index (χ1) is 8.72. The minimum atomic E-state index is 0.421. The zero-order valence-electron chi connectivity index (χ0n) is 11.6. The Hall–Kier alpha value is -1.06. The third-order valence-corrected chi connectivity index (χ3v) is 4.03. The first kappa shape index (κ1) is 13.4. The molecule has 0 saturated carbocycles. The molecular weight excluding hydrogens is 224 g/mol. The number of nitrogens with zero attached hydrogens (tertiary/aromatic N) is 1. The van der Waals surface area contributed by atoms with Gasteiger partial charge in [0, 0.05) is 18.6 Å². The largest absolute Gasteiger partial charge is 0.497 e. The Morgan fingerprint density at radius 2 is 2.28 bits per heavy atom. The molecule has 0 aliphatic carbocycles. The number of likely N-dealkylation sites (N-methyl/N-ethyl adjacent to an activating group) is 1. The van der Waals surface area contributed by atoms with Crippen molar-refractivity contribution in [2.24, 2.45) is 0 Å². The maximum Gasteiger partial charge on any atom is 0.119 e. The van der Waals surface area contributed by atoms with Crippen LogP contribution in [0, 0.1) is 0 Å². The number of benzene rings is 1. The fraction of sp³-hybridized carbons (Fsp3) is 0.600. The van der Waals surface area contributed by atoms with Crippen molar-refractivity contribution < 1.29 is 4.74 Å². The molecule has 0 spiro atoms. The van der Waals surface area contributed by atoms with Crippen molar-refractivity contribution in [2.45, 2.75) is 31.8 Å². The molecule has 1 aromatic rings. The lowest BCUT2D eigenvalue weighted by Gasteiger charge is -2.36. The number of hydrogen-bond acceptors (Lipinski definition) is 3. The number of rotatable bonds is 4. The van der Waals surface area contributed by atoms with Gasteiger partial charge in [-0.2, -0.15) is 0 Å². The minimum absolute atomic E-state index is 0.421. The van der Waals surface area contributed by atoms with E-state index in [2.05, 4.69) is 42.4 Å². The molecule has 0 radical (unpaired) electrons. The SMILES string of the molecule is COc1cccc(C(C)N(C)C2CCCNC2)c1. The Bertz CT molecular complexity index is 375. The molecule has 1 saturated heterocycles. The third kappa shape index (κ3) is 3.03. The van der Waals surface area contributed by atoms with E-state index in [1.165, 1.54) is 18.4 Å². The van der Waals surface area contributed by atoms with Crippen LogP contribution in [0.25, 0.3) is 0 Å². The predicted molar refractivity (Wildman–Crippen MR) is 75.1 cm³/mol. The lowest BCUT2D eigenvalue weighted by Crippen LogP contribution is -2.45. The summed E-state index contributed by atoms with van der Waals surface area (Å²) in [5.74, 6) is 0.939. The molecule has 1 aromatic carbocycles. The van der Waals surface area contributed by atoms with E-state index in [0.717, 1.165) is 18.8 Å². The van der Waals surface area contributed by atoms with Gasteiger partial charge in [0.1, 0.15) is 5.75 Å². The van der Waals surface area contributed by atoms with Gasteiger partial charge < -0.3 is 10.1 Å². The van der Waals surface area contributed by atoms with Crippen LogP contribution in [0.15, 0.2) is 24.3 Å². The van der Waals surface area contributed by atoms with E-state index in [9.17, 15) is 0 Å². The van der Waals surface area contributed by atoms with Crippen LogP contribution in [0.2, 0.25) is 0 Å². The van der Waals surface area contributed by atoms with E-state index in [1.54, 1.807) is 7.11 Å². The first-order valence-corrected chi connectivity index (χ1v) is 6.79. The Kier molecular flexibility index (Phi) is 4.61. The molecule has 1 fully saturated rings. The summed E-state index contributed by atoms with van der Waals surface area (Å²) in [4.78, 5) is 2.47. The van der Waals surface area contributed by atoms with Gasteiger partial charge >= 0.3 is 0 Å². The maximum absolute atomic E-state index is 5.30. The van der Waals surface area contributed by atoms with Crippen molar-refractivity contribution in [3.8, 4) is 5.75 Å². The van der Waals surface area contributed by atoms with Crippen LogP contribution in [0.1, 0.15) is 31.4 Å². The summed E-state index contributed by atoms with van der Waals surface area (Å²) in [5.41, 5.74) is 1.32. The highest BCUT2D eigenvalue weighted by Crippen LogP contribution is 2.25. The van der Waals surface area contributed by atoms with Crippen molar-refractivity contribution in [1.29, 1.82) is 0 Å². The maximum atomic E-state index is 5.30. The molecule has 2 rings (SSSR count). The summed E-state index contributed by atoms with van der Waals surface area (Å²) in [6.07, 6.45) is 2.57. The van der Waals surface area contributed by atoms with Crippen LogP contribution < -0.4 is 10.1 Å². The molecule has 2 unspecified atom stereocenters. The van der Waals surface area contributed by atoms with Gasteiger partial charge in [-0.05, 0) is 51.1 Å². The molecule has 18 heavy (non-hydrogen) atoms. The topological polar surface area (TPSA) is 24.5 Å². The summed E-state index contributed by atoms with van der Waals surface area (Å²) >= 11 is 0. The Morgan fingerprint density at radius 3 is 2.94 bits per heavy atom. The number of ether oxygens (including phenoxy) is 1. The van der Waals surface area contributed by atoms with E-state index in [1.807, 2.05) is 6.07 Å². The van der Waals surface area contributed by atoms with Crippen LogP contribution in [0.3, 0.4) is 0 Å². The molecule has 1 aliphatic rings. The number of nitrogens with one attached hydrogen (secondary N) is 1. The van der Waals surface area contributed by atoms with Gasteiger partial charge in [-0.3, -0.25) is 4.90 Å². The summed E-state index contributed by atoms with van der Waals surface area (Å²) < 4.78 is 5.30. The molecule has 3 heteroatoms. The van der Waals surface area contributed by atoms with Crippen LogP contribution in [0.5, 0.6) is 5.75 Å². The quantitative estimate of drug-likeness (QED) is 0.885. The number of hydrogen-bond donors (Lipinski definition) is 1. The van der Waals surface area contributed by atoms with Crippen LogP contribution in [-0.4, -0.2) is 38.2 Å². The van der Waals surface area contributed by atoms with E-state index >= 15 is 0 Å². The molecule has 100 valence electrons. The highest BCUT2D eigenvalue weighted by Gasteiger charge is 2.22. The third-order valence-electron chi connectivity index (χ3n) is 4.03. The molecule has 1 heterocycles. The second-order valence-corrected chi connectivity index (χ2v) is 5.12. The molecule has 0 aromatic heterocycles. The van der Waals surface area contributed by atoms with Crippen molar-refractivity contribution in [2.75, 3.05) is 27.2 Å². The van der Waals surface area contributed by atoms with Gasteiger partial charge in [-0.15, -0.1) is 0 Å². The summed E-state index contributed by atoms with van der Waals surface area (Å²) in [5, 5.41) is 3.48. The lowest BCUT2D eigenvalue weighted by atomic mass is 10.0. The van der Waals surface area contributed by atoms with Crippen LogP contribution in [0.4, 0.5) is 0 Å². The normalized spacial score (nSPS) is 21.9. The van der Waals surface area contributed by atoms with E-state index in [0.29, 0.717) is 12.1 Å². The van der Waals surface area contributed by atoms with Gasteiger partial charge in [-0.25, -0.2) is 0 Å². The molecule has 2 atom stereocenters. The fourth-order valence-corrected chi connectivity index (χ4v) is 2.63. The number of methoxy groups -OCH3 is 1. The van der Waals surface area contributed by atoms with E-state index < -0.39 is 0 Å². The molecule has 0 amide bonds. The zero-order valence-corrected chi connectivity index (χ0v) is 11.6. The molecule has 0 bridgehead atoms. The zero-order chi connectivity index (χ0) is 13.0. The first-order valence-electron chi connectivity index (χ1n) is 6.79. The molecule has 1 N–H and O–H groups in total. The predicted octanol–water partition coefficient (Wildman–Crippen LogP) is 2.44. The Balaban J connectivity index is 2.06. The van der Waals surface area contributed by atoms with E-state index in [4.69, 9.17) is 4.74 Å². The van der Waals surface area contributed by atoms with Crippen molar-refractivity contribution in [3.05, 3.63) is 29.8 Å². The van der Waals surface area contributed by atoms with Crippen molar-refractivity contribution >= 4 is 0 Å². The Morgan fingerprint density at radius 1 is 1.44 bits per heavy atom. The van der Waals surface area contributed by atoms with Gasteiger partial charge in [0.25, 0.3) is 0 Å². The summed E-state index contributed by atoms with van der Waals surface area (Å²) in [7, 11) is 3.94. The highest BCUT2D eigenvalue weighted by atomic mass is 16.5. The van der Waals surface area contributed by atoms with Gasteiger partial charge in [0.2, 0.25) is 0 Å². The summed E-state index contributed by atoms with van der Waals surface area (Å²) in [6, 6.07) is 9.44.